The molecule has 0 spiro atoms. The van der Waals surface area contributed by atoms with E-state index in [9.17, 15) is 13.2 Å². The van der Waals surface area contributed by atoms with Gasteiger partial charge < -0.3 is 9.80 Å². The molecular formula is C16H16F3N7. The predicted molar refractivity (Wildman–Crippen MR) is 87.4 cm³/mol. The predicted octanol–water partition coefficient (Wildman–Crippen LogP) is 2.26. The standard InChI is InChI=1S/C16H16F3N7/c1-25(14-7-13(16(17,18)19)22-10-23-14)12-3-2-6-26(9-12)15-21-5-4-11(8-20)24-15/h4-5,7,10,12H,2-3,6,9H2,1H3. The van der Waals surface area contributed by atoms with Gasteiger partial charge in [0.2, 0.25) is 5.95 Å². The number of anilines is 2. The Kier molecular flexibility index (Phi) is 4.88. The van der Waals surface area contributed by atoms with Crippen molar-refractivity contribution in [2.24, 2.45) is 0 Å². The molecule has 0 aromatic carbocycles. The van der Waals surface area contributed by atoms with Gasteiger partial charge in [-0.25, -0.2) is 19.9 Å². The van der Waals surface area contributed by atoms with Crippen molar-refractivity contribution in [3.05, 3.63) is 36.0 Å². The van der Waals surface area contributed by atoms with Gasteiger partial charge in [0.25, 0.3) is 0 Å². The Labute approximate surface area is 148 Å². The molecule has 136 valence electrons. The fourth-order valence-electron chi connectivity index (χ4n) is 2.90. The highest BCUT2D eigenvalue weighted by atomic mass is 19.4. The fraction of sp³-hybridized carbons (Fsp3) is 0.438. The molecular weight excluding hydrogens is 347 g/mol. The van der Waals surface area contributed by atoms with Crippen LogP contribution in [0.1, 0.15) is 24.2 Å². The van der Waals surface area contributed by atoms with Gasteiger partial charge in [-0.2, -0.15) is 18.4 Å². The van der Waals surface area contributed by atoms with Crippen molar-refractivity contribution in [2.45, 2.75) is 25.1 Å². The molecule has 1 aliphatic heterocycles. The van der Waals surface area contributed by atoms with Gasteiger partial charge in [-0.15, -0.1) is 0 Å². The maximum absolute atomic E-state index is 12.9. The number of piperidine rings is 1. The normalized spacial score (nSPS) is 17.7. The molecule has 1 fully saturated rings. The second-order valence-electron chi connectivity index (χ2n) is 5.97. The summed E-state index contributed by atoms with van der Waals surface area (Å²) in [4.78, 5) is 19.3. The van der Waals surface area contributed by atoms with Crippen molar-refractivity contribution in [3.8, 4) is 6.07 Å². The molecule has 0 N–H and O–H groups in total. The van der Waals surface area contributed by atoms with E-state index in [0.717, 1.165) is 31.8 Å². The quantitative estimate of drug-likeness (QED) is 0.827. The summed E-state index contributed by atoms with van der Waals surface area (Å²) in [5.74, 6) is 0.659. The molecule has 1 saturated heterocycles. The maximum Gasteiger partial charge on any atom is 0.433 e. The average molecular weight is 363 g/mol. The van der Waals surface area contributed by atoms with Crippen LogP contribution in [0.15, 0.2) is 24.7 Å². The van der Waals surface area contributed by atoms with E-state index < -0.39 is 11.9 Å². The number of nitrogens with zero attached hydrogens (tertiary/aromatic N) is 7. The Bertz CT molecular complexity index is 818. The molecule has 3 heterocycles. The Morgan fingerprint density at radius 3 is 2.85 bits per heavy atom. The van der Waals surface area contributed by atoms with E-state index in [2.05, 4.69) is 19.9 Å². The first kappa shape index (κ1) is 17.8. The van der Waals surface area contributed by atoms with Crippen LogP contribution in [0.25, 0.3) is 0 Å². The average Bonchev–Trinajstić information content (AvgIpc) is 2.67. The molecule has 2 aromatic heterocycles. The fourth-order valence-corrected chi connectivity index (χ4v) is 2.90. The van der Waals surface area contributed by atoms with Gasteiger partial charge >= 0.3 is 6.18 Å². The zero-order valence-electron chi connectivity index (χ0n) is 14.0. The van der Waals surface area contributed by atoms with E-state index in [1.54, 1.807) is 11.9 Å². The minimum Gasteiger partial charge on any atom is -0.355 e. The van der Waals surface area contributed by atoms with Crippen molar-refractivity contribution < 1.29 is 13.2 Å². The van der Waals surface area contributed by atoms with Crippen LogP contribution in [-0.2, 0) is 6.18 Å². The molecule has 26 heavy (non-hydrogen) atoms. The van der Waals surface area contributed by atoms with Crippen molar-refractivity contribution in [1.82, 2.24) is 19.9 Å². The minimum absolute atomic E-state index is 0.0610. The smallest absolute Gasteiger partial charge is 0.355 e. The second kappa shape index (κ2) is 7.11. The van der Waals surface area contributed by atoms with Crippen LogP contribution in [0.2, 0.25) is 0 Å². The summed E-state index contributed by atoms with van der Waals surface area (Å²) >= 11 is 0. The number of alkyl halides is 3. The number of likely N-dealkylation sites (N-methyl/N-ethyl adjacent to an activating group) is 1. The van der Waals surface area contributed by atoms with E-state index in [1.165, 1.54) is 12.3 Å². The van der Waals surface area contributed by atoms with Gasteiger partial charge in [-0.3, -0.25) is 0 Å². The third-order valence-electron chi connectivity index (χ3n) is 4.29. The molecule has 1 atom stereocenters. The second-order valence-corrected chi connectivity index (χ2v) is 5.97. The first-order valence-corrected chi connectivity index (χ1v) is 7.98. The van der Waals surface area contributed by atoms with E-state index in [-0.39, 0.29) is 17.6 Å². The van der Waals surface area contributed by atoms with Gasteiger partial charge in [-0.1, -0.05) is 0 Å². The van der Waals surface area contributed by atoms with Crippen molar-refractivity contribution in [3.63, 3.8) is 0 Å². The van der Waals surface area contributed by atoms with Gasteiger partial charge in [0.15, 0.2) is 0 Å². The SMILES string of the molecule is CN(c1cc(C(F)(F)F)ncn1)C1CCCN(c2nccc(C#N)n2)C1. The summed E-state index contributed by atoms with van der Waals surface area (Å²) in [5.41, 5.74) is -0.692. The Morgan fingerprint density at radius 1 is 1.31 bits per heavy atom. The topological polar surface area (TPSA) is 81.8 Å². The van der Waals surface area contributed by atoms with Crippen molar-refractivity contribution >= 4 is 11.8 Å². The minimum atomic E-state index is -4.51. The first-order chi connectivity index (χ1) is 12.4. The molecule has 2 aromatic rings. The highest BCUT2D eigenvalue weighted by molar-refractivity contribution is 5.42. The van der Waals surface area contributed by atoms with Gasteiger partial charge in [0, 0.05) is 38.4 Å². The Balaban J connectivity index is 1.78. The van der Waals surface area contributed by atoms with Crippen LogP contribution in [0, 0.1) is 11.3 Å². The highest BCUT2D eigenvalue weighted by Gasteiger charge is 2.34. The number of hydrogen-bond acceptors (Lipinski definition) is 7. The molecule has 0 radical (unpaired) electrons. The monoisotopic (exact) mass is 363 g/mol. The van der Waals surface area contributed by atoms with Crippen LogP contribution in [0.5, 0.6) is 0 Å². The number of rotatable bonds is 3. The van der Waals surface area contributed by atoms with Crippen LogP contribution in [-0.4, -0.2) is 46.1 Å². The molecule has 0 bridgehead atoms. The molecule has 0 saturated carbocycles. The molecule has 10 heteroatoms. The summed E-state index contributed by atoms with van der Waals surface area (Å²) in [6.45, 7) is 1.24. The molecule has 7 nitrogen and oxygen atoms in total. The highest BCUT2D eigenvalue weighted by Crippen LogP contribution is 2.30. The third kappa shape index (κ3) is 3.82. The molecule has 0 amide bonds. The molecule has 1 unspecified atom stereocenters. The number of nitriles is 1. The molecule has 1 aliphatic rings. The zero-order valence-corrected chi connectivity index (χ0v) is 14.0. The third-order valence-corrected chi connectivity index (χ3v) is 4.29. The summed E-state index contributed by atoms with van der Waals surface area (Å²) in [6, 6.07) is 4.39. The Hall–Kier alpha value is -2.96. The number of halogens is 3. The lowest BCUT2D eigenvalue weighted by Crippen LogP contribution is -2.47. The van der Waals surface area contributed by atoms with E-state index in [4.69, 9.17) is 5.26 Å². The van der Waals surface area contributed by atoms with Gasteiger partial charge in [-0.05, 0) is 18.9 Å². The summed E-state index contributed by atoms with van der Waals surface area (Å²) in [7, 11) is 1.71. The van der Waals surface area contributed by atoms with Crippen molar-refractivity contribution in [2.75, 3.05) is 29.9 Å². The summed E-state index contributed by atoms with van der Waals surface area (Å²) in [6.07, 6.45) is -0.436. The molecule has 3 rings (SSSR count). The van der Waals surface area contributed by atoms with E-state index in [1.807, 2.05) is 11.0 Å². The van der Waals surface area contributed by atoms with Crippen LogP contribution < -0.4 is 9.80 Å². The molecule has 0 aliphatic carbocycles. The van der Waals surface area contributed by atoms with E-state index in [0.29, 0.717) is 12.5 Å². The summed E-state index contributed by atoms with van der Waals surface area (Å²) < 4.78 is 38.6. The van der Waals surface area contributed by atoms with Gasteiger partial charge in [0.05, 0.1) is 0 Å². The lowest BCUT2D eigenvalue weighted by Gasteiger charge is -2.38. The van der Waals surface area contributed by atoms with Crippen LogP contribution >= 0.6 is 0 Å². The Morgan fingerprint density at radius 2 is 2.12 bits per heavy atom. The number of aromatic nitrogens is 4. The van der Waals surface area contributed by atoms with Crippen molar-refractivity contribution in [1.29, 1.82) is 5.26 Å². The van der Waals surface area contributed by atoms with Crippen LogP contribution in [0.4, 0.5) is 24.9 Å². The van der Waals surface area contributed by atoms with Crippen LogP contribution in [0.3, 0.4) is 0 Å². The first-order valence-electron chi connectivity index (χ1n) is 7.98. The zero-order chi connectivity index (χ0) is 18.7. The lowest BCUT2D eigenvalue weighted by molar-refractivity contribution is -0.141. The maximum atomic E-state index is 12.9. The lowest BCUT2D eigenvalue weighted by atomic mass is 10.0. The number of hydrogen-bond donors (Lipinski definition) is 0. The van der Waals surface area contributed by atoms with E-state index >= 15 is 0 Å². The summed E-state index contributed by atoms with van der Waals surface area (Å²) in [5, 5.41) is 8.97. The van der Waals surface area contributed by atoms with Gasteiger partial charge in [0.1, 0.15) is 29.6 Å². The largest absolute Gasteiger partial charge is 0.433 e.